The minimum absolute atomic E-state index is 0.154. The Morgan fingerprint density at radius 1 is 1.25 bits per heavy atom. The van der Waals surface area contributed by atoms with Gasteiger partial charge in [-0.3, -0.25) is 4.72 Å². The molecule has 0 radical (unpaired) electrons. The number of hydrogen-bond donors (Lipinski definition) is 1. The molecule has 1 saturated heterocycles. The van der Waals surface area contributed by atoms with E-state index in [2.05, 4.69) is 11.6 Å². The molecule has 2 fully saturated rings. The van der Waals surface area contributed by atoms with Crippen LogP contribution in [0.15, 0.2) is 24.3 Å². The predicted octanol–water partition coefficient (Wildman–Crippen LogP) is 2.75. The zero-order chi connectivity index (χ0) is 14.4. The molecule has 20 heavy (non-hydrogen) atoms. The topological polar surface area (TPSA) is 49.2 Å². The summed E-state index contributed by atoms with van der Waals surface area (Å²) in [6, 6.07) is 5.37. The lowest BCUT2D eigenvalue weighted by Crippen LogP contribution is -2.31. The predicted molar refractivity (Wildman–Crippen MR) is 76.0 cm³/mol. The molecule has 1 atom stereocenters. The molecule has 1 saturated carbocycles. The zero-order valence-electron chi connectivity index (χ0n) is 11.5. The average Bonchev–Trinajstić information content (AvgIpc) is 3.12. The van der Waals surface area contributed by atoms with Gasteiger partial charge < -0.3 is 0 Å². The fraction of sp³-hybridized carbons (Fsp3) is 0.571. The van der Waals surface area contributed by atoms with Gasteiger partial charge in [0.15, 0.2) is 0 Å². The third kappa shape index (κ3) is 2.54. The lowest BCUT2D eigenvalue weighted by molar-refractivity contribution is 0.300. The Bertz CT molecular complexity index is 592. The molecule has 0 aromatic heterocycles. The van der Waals surface area contributed by atoms with Gasteiger partial charge in [-0.05, 0) is 55.9 Å². The van der Waals surface area contributed by atoms with Crippen molar-refractivity contribution in [2.75, 3.05) is 11.3 Å². The van der Waals surface area contributed by atoms with Crippen LogP contribution in [0.4, 0.5) is 10.1 Å². The lowest BCUT2D eigenvalue weighted by Gasteiger charge is -2.26. The number of rotatable bonds is 3. The largest absolute Gasteiger partial charge is 0.302 e. The van der Waals surface area contributed by atoms with Crippen LogP contribution in [0.1, 0.15) is 32.6 Å². The molecule has 1 aromatic rings. The normalized spacial score (nSPS) is 33.1. The molecule has 1 aromatic carbocycles. The minimum Gasteiger partial charge on any atom is -0.271 e. The number of nitrogens with zero attached hydrogens (tertiary/aromatic N) is 1. The maximum Gasteiger partial charge on any atom is 0.302 e. The summed E-state index contributed by atoms with van der Waals surface area (Å²) in [4.78, 5) is 0. The van der Waals surface area contributed by atoms with Crippen LogP contribution in [0.3, 0.4) is 0 Å². The van der Waals surface area contributed by atoms with Crippen molar-refractivity contribution in [3.05, 3.63) is 30.1 Å². The first-order valence-corrected chi connectivity index (χ1v) is 8.41. The minimum atomic E-state index is -3.52. The number of nitrogens with one attached hydrogen (secondary N) is 1. The Hall–Kier alpha value is -1.14. The summed E-state index contributed by atoms with van der Waals surface area (Å²) in [5, 5.41) is 0. The Kier molecular flexibility index (Phi) is 3.25. The van der Waals surface area contributed by atoms with Gasteiger partial charge in [0.25, 0.3) is 0 Å². The van der Waals surface area contributed by atoms with Crippen LogP contribution in [0.5, 0.6) is 0 Å². The second kappa shape index (κ2) is 4.70. The van der Waals surface area contributed by atoms with E-state index in [1.54, 1.807) is 4.31 Å². The molecule has 1 aliphatic carbocycles. The molecule has 0 amide bonds. The van der Waals surface area contributed by atoms with Crippen LogP contribution in [-0.4, -0.2) is 24.8 Å². The van der Waals surface area contributed by atoms with E-state index in [0.717, 1.165) is 25.7 Å². The SMILES string of the molecule is CC1CCC2(CC1)CN2S(=O)(=O)Nc1ccc(F)cc1. The van der Waals surface area contributed by atoms with Gasteiger partial charge in [-0.25, -0.2) is 4.39 Å². The molecule has 2 aliphatic rings. The van der Waals surface area contributed by atoms with Gasteiger partial charge in [0, 0.05) is 12.2 Å². The molecule has 1 N–H and O–H groups in total. The molecule has 1 heterocycles. The van der Waals surface area contributed by atoms with Gasteiger partial charge in [-0.2, -0.15) is 12.7 Å². The Balaban J connectivity index is 1.69. The van der Waals surface area contributed by atoms with Crippen LogP contribution in [0.25, 0.3) is 0 Å². The second-order valence-electron chi connectivity index (χ2n) is 6.03. The van der Waals surface area contributed by atoms with Gasteiger partial charge in [-0.15, -0.1) is 0 Å². The third-order valence-electron chi connectivity index (χ3n) is 4.45. The second-order valence-corrected chi connectivity index (χ2v) is 7.62. The van der Waals surface area contributed by atoms with Crippen molar-refractivity contribution >= 4 is 15.9 Å². The smallest absolute Gasteiger partial charge is 0.271 e. The van der Waals surface area contributed by atoms with Crippen molar-refractivity contribution in [1.29, 1.82) is 0 Å². The van der Waals surface area contributed by atoms with Gasteiger partial charge in [0.1, 0.15) is 5.82 Å². The molecular weight excluding hydrogens is 279 g/mol. The van der Waals surface area contributed by atoms with E-state index >= 15 is 0 Å². The highest BCUT2D eigenvalue weighted by atomic mass is 32.2. The van der Waals surface area contributed by atoms with Gasteiger partial charge in [0.05, 0.1) is 5.54 Å². The van der Waals surface area contributed by atoms with Crippen LogP contribution >= 0.6 is 0 Å². The van der Waals surface area contributed by atoms with Crippen LogP contribution in [0.2, 0.25) is 0 Å². The summed E-state index contributed by atoms with van der Waals surface area (Å²) in [6.45, 7) is 2.82. The van der Waals surface area contributed by atoms with E-state index in [1.807, 2.05) is 0 Å². The zero-order valence-corrected chi connectivity index (χ0v) is 12.3. The Morgan fingerprint density at radius 2 is 1.85 bits per heavy atom. The third-order valence-corrected chi connectivity index (χ3v) is 6.04. The average molecular weight is 298 g/mol. The first kappa shape index (κ1) is 13.8. The maximum absolute atomic E-state index is 12.8. The van der Waals surface area contributed by atoms with E-state index in [9.17, 15) is 12.8 Å². The molecule has 4 nitrogen and oxygen atoms in total. The Morgan fingerprint density at radius 3 is 2.45 bits per heavy atom. The van der Waals surface area contributed by atoms with E-state index in [-0.39, 0.29) is 11.4 Å². The fourth-order valence-electron chi connectivity index (χ4n) is 3.00. The van der Waals surface area contributed by atoms with Gasteiger partial charge >= 0.3 is 10.2 Å². The van der Waals surface area contributed by atoms with Crippen molar-refractivity contribution in [2.24, 2.45) is 5.92 Å². The molecule has 1 aliphatic heterocycles. The van der Waals surface area contributed by atoms with Crippen molar-refractivity contribution in [1.82, 2.24) is 4.31 Å². The summed E-state index contributed by atoms with van der Waals surface area (Å²) in [5.74, 6) is 0.313. The summed E-state index contributed by atoms with van der Waals surface area (Å²) < 4.78 is 41.5. The van der Waals surface area contributed by atoms with Crippen molar-refractivity contribution in [3.63, 3.8) is 0 Å². The fourth-order valence-corrected chi connectivity index (χ4v) is 4.65. The summed E-state index contributed by atoms with van der Waals surface area (Å²) >= 11 is 0. The lowest BCUT2D eigenvalue weighted by atomic mass is 9.83. The van der Waals surface area contributed by atoms with Crippen molar-refractivity contribution in [3.8, 4) is 0 Å². The van der Waals surface area contributed by atoms with Crippen molar-refractivity contribution in [2.45, 2.75) is 38.1 Å². The van der Waals surface area contributed by atoms with Crippen LogP contribution in [-0.2, 0) is 10.2 Å². The van der Waals surface area contributed by atoms with E-state index < -0.39 is 10.2 Å². The molecule has 110 valence electrons. The quantitative estimate of drug-likeness (QED) is 0.872. The van der Waals surface area contributed by atoms with E-state index in [4.69, 9.17) is 0 Å². The number of benzene rings is 1. The summed E-state index contributed by atoms with van der Waals surface area (Å²) in [5.41, 5.74) is 0.246. The summed E-state index contributed by atoms with van der Waals surface area (Å²) in [6.07, 6.45) is 4.06. The maximum atomic E-state index is 12.8. The monoisotopic (exact) mass is 298 g/mol. The van der Waals surface area contributed by atoms with Crippen LogP contribution in [0, 0.1) is 11.7 Å². The summed E-state index contributed by atoms with van der Waals surface area (Å²) in [7, 11) is -3.52. The molecular formula is C14H19FN2O2S. The molecule has 0 bridgehead atoms. The van der Waals surface area contributed by atoms with E-state index in [1.165, 1.54) is 24.3 Å². The number of anilines is 1. The Labute approximate surface area is 119 Å². The van der Waals surface area contributed by atoms with Gasteiger partial charge in [-0.1, -0.05) is 6.92 Å². The molecule has 1 unspecified atom stereocenters. The highest BCUT2D eigenvalue weighted by molar-refractivity contribution is 7.90. The highest BCUT2D eigenvalue weighted by Gasteiger charge is 2.58. The first-order chi connectivity index (χ1) is 9.41. The number of hydrogen-bond acceptors (Lipinski definition) is 2. The van der Waals surface area contributed by atoms with Crippen LogP contribution < -0.4 is 4.72 Å². The molecule has 1 spiro atoms. The van der Waals surface area contributed by atoms with Gasteiger partial charge in [0.2, 0.25) is 0 Å². The standard InChI is InChI=1S/C14H19FN2O2S/c1-11-6-8-14(9-7-11)10-17(14)20(18,19)16-13-4-2-12(15)3-5-13/h2-5,11,16H,6-10H2,1H3. The van der Waals surface area contributed by atoms with E-state index in [0.29, 0.717) is 18.2 Å². The molecule has 6 heteroatoms. The number of halogens is 1. The first-order valence-electron chi connectivity index (χ1n) is 6.97. The van der Waals surface area contributed by atoms with Crippen molar-refractivity contribution < 1.29 is 12.8 Å². The highest BCUT2D eigenvalue weighted by Crippen LogP contribution is 2.48. The molecule has 3 rings (SSSR count).